The molecule has 52 heavy (non-hydrogen) atoms. The molecule has 0 aliphatic heterocycles. The Hall–Kier alpha value is -4.83. The maximum Gasteiger partial charge on any atom is 0.155 e. The van der Waals surface area contributed by atoms with Crippen LogP contribution < -0.4 is 0 Å². The summed E-state index contributed by atoms with van der Waals surface area (Å²) in [6, 6.07) is 33.7. The average Bonchev–Trinajstić information content (AvgIpc) is 3.70. The molecule has 6 aromatic rings. The van der Waals surface area contributed by atoms with Gasteiger partial charge in [0.05, 0.1) is 16.8 Å². The van der Waals surface area contributed by atoms with Crippen molar-refractivity contribution in [2.75, 3.05) is 0 Å². The largest absolute Gasteiger partial charge is 0.512 e. The van der Waals surface area contributed by atoms with Crippen LogP contribution in [0.15, 0.2) is 115 Å². The highest BCUT2D eigenvalue weighted by molar-refractivity contribution is 5.89. The minimum Gasteiger partial charge on any atom is -0.512 e. The number of rotatable bonds is 11. The number of allylic oxidation sites excluding steroid dienone is 2. The first kappa shape index (κ1) is 36.9. The number of hydrogen-bond donors (Lipinski definition) is 1. The number of aliphatic hydroxyl groups excluding tert-OH is 1. The first-order valence-corrected chi connectivity index (χ1v) is 19.0. The third-order valence-corrected chi connectivity index (χ3v) is 10.7. The van der Waals surface area contributed by atoms with Gasteiger partial charge >= 0.3 is 0 Å². The molecule has 4 nitrogen and oxygen atoms in total. The van der Waals surface area contributed by atoms with Crippen LogP contribution in [0.1, 0.15) is 121 Å². The first-order chi connectivity index (χ1) is 24.6. The minimum absolute atomic E-state index is 0.00631. The summed E-state index contributed by atoms with van der Waals surface area (Å²) in [5.41, 5.74) is 11.4. The molecular weight excluding hydrogens is 637 g/mol. The highest BCUT2D eigenvalue weighted by Crippen LogP contribution is 2.39. The zero-order valence-corrected chi connectivity index (χ0v) is 32.6. The highest BCUT2D eigenvalue weighted by Gasteiger charge is 2.24. The highest BCUT2D eigenvalue weighted by atomic mass is 16.3. The fraction of sp³-hybridized carbons (Fsp3) is 0.354. The number of nitrogens with zero attached hydrogens (tertiary/aromatic N) is 2. The topological polar surface area (TPSA) is 47.2 Å². The molecule has 0 radical (unpaired) electrons. The van der Waals surface area contributed by atoms with Crippen LogP contribution in [0.3, 0.4) is 0 Å². The summed E-state index contributed by atoms with van der Waals surface area (Å²) >= 11 is 0. The quantitative estimate of drug-likeness (QED) is 0.109. The Bertz CT molecular complexity index is 2120. The Morgan fingerprint density at radius 3 is 1.69 bits per heavy atom. The van der Waals surface area contributed by atoms with E-state index in [9.17, 15) is 9.90 Å². The van der Waals surface area contributed by atoms with Crippen LogP contribution in [0, 0.1) is 0 Å². The van der Waals surface area contributed by atoms with Crippen molar-refractivity contribution in [2.24, 2.45) is 0 Å². The summed E-state index contributed by atoms with van der Waals surface area (Å²) < 4.78 is 4.82. The monoisotopic (exact) mass is 692 g/mol. The van der Waals surface area contributed by atoms with Gasteiger partial charge in [-0.3, -0.25) is 4.79 Å². The molecule has 2 heterocycles. The van der Waals surface area contributed by atoms with Crippen LogP contribution in [-0.2, 0) is 22.0 Å². The number of hydrogen-bond acceptors (Lipinski definition) is 2. The van der Waals surface area contributed by atoms with Crippen LogP contribution in [0.25, 0.3) is 33.2 Å². The van der Waals surface area contributed by atoms with E-state index in [2.05, 4.69) is 168 Å². The smallest absolute Gasteiger partial charge is 0.155 e. The molecule has 0 spiro atoms. The molecule has 0 saturated heterocycles. The van der Waals surface area contributed by atoms with Crippen LogP contribution in [0.2, 0.25) is 0 Å². The van der Waals surface area contributed by atoms with Gasteiger partial charge in [0.2, 0.25) is 0 Å². The van der Waals surface area contributed by atoms with E-state index in [-0.39, 0.29) is 22.4 Å². The molecule has 0 amide bonds. The summed E-state index contributed by atoms with van der Waals surface area (Å²) in [4.78, 5) is 11.3. The van der Waals surface area contributed by atoms with E-state index in [0.717, 1.165) is 18.4 Å². The number of ketones is 1. The third kappa shape index (κ3) is 7.82. The van der Waals surface area contributed by atoms with E-state index in [1.807, 2.05) is 0 Å². The van der Waals surface area contributed by atoms with Gasteiger partial charge in [0.25, 0.3) is 0 Å². The van der Waals surface area contributed by atoms with Gasteiger partial charge in [-0.2, -0.15) is 0 Å². The summed E-state index contributed by atoms with van der Waals surface area (Å²) in [7, 11) is 0. The maximum absolute atomic E-state index is 11.3. The Balaban J connectivity index is 1.42. The molecule has 1 N–H and O–H groups in total. The SMILES string of the molecule is CCC(CC(C)c1cc(-n2cc(C(C)(C)C)c3ccccc32)cc(-n2cc(C(C)(C)C)c3ccccc32)c1)c1ccc(CCC(O)=CC(C)=O)cc1. The van der Waals surface area contributed by atoms with Gasteiger partial charge in [-0.25, -0.2) is 0 Å². The molecule has 0 bridgehead atoms. The molecule has 6 rings (SSSR count). The van der Waals surface area contributed by atoms with Gasteiger partial charge in [-0.05, 0) is 107 Å². The molecule has 4 aromatic carbocycles. The van der Waals surface area contributed by atoms with Gasteiger partial charge in [-0.1, -0.05) is 116 Å². The second-order valence-electron chi connectivity index (χ2n) is 16.9. The van der Waals surface area contributed by atoms with Crippen molar-refractivity contribution in [1.29, 1.82) is 0 Å². The lowest BCUT2D eigenvalue weighted by atomic mass is 9.84. The van der Waals surface area contributed by atoms with E-state index in [1.54, 1.807) is 0 Å². The minimum atomic E-state index is -0.127. The maximum atomic E-state index is 11.3. The Morgan fingerprint density at radius 2 is 1.23 bits per heavy atom. The normalized spacial score (nSPS) is 13.9. The van der Waals surface area contributed by atoms with Crippen LogP contribution >= 0.6 is 0 Å². The number of carbonyl (C=O) groups is 1. The van der Waals surface area contributed by atoms with Crippen molar-refractivity contribution in [1.82, 2.24) is 9.13 Å². The van der Waals surface area contributed by atoms with Crippen molar-refractivity contribution in [2.45, 2.75) is 111 Å². The third-order valence-electron chi connectivity index (χ3n) is 10.7. The second kappa shape index (κ2) is 14.7. The Morgan fingerprint density at radius 1 is 0.731 bits per heavy atom. The van der Waals surface area contributed by atoms with Gasteiger partial charge in [-0.15, -0.1) is 0 Å². The Labute approximate surface area is 310 Å². The lowest BCUT2D eigenvalue weighted by molar-refractivity contribution is -0.112. The number of aryl methyl sites for hydroxylation is 1. The van der Waals surface area contributed by atoms with E-state index in [1.165, 1.54) is 68.4 Å². The number of para-hydroxylation sites is 2. The molecule has 0 aliphatic rings. The van der Waals surface area contributed by atoms with Crippen molar-refractivity contribution in [3.63, 3.8) is 0 Å². The number of benzene rings is 4. The van der Waals surface area contributed by atoms with E-state index >= 15 is 0 Å². The van der Waals surface area contributed by atoms with Crippen LogP contribution in [-0.4, -0.2) is 20.0 Å². The summed E-state index contributed by atoms with van der Waals surface area (Å²) in [6.07, 6.45) is 9.28. The molecule has 2 atom stereocenters. The van der Waals surface area contributed by atoms with E-state index in [0.29, 0.717) is 24.7 Å². The number of carbonyl (C=O) groups excluding carboxylic acids is 1. The van der Waals surface area contributed by atoms with E-state index < -0.39 is 0 Å². The average molecular weight is 693 g/mol. The predicted molar refractivity (Wildman–Crippen MR) is 220 cm³/mol. The zero-order chi connectivity index (χ0) is 37.4. The predicted octanol–water partition coefficient (Wildman–Crippen LogP) is 12.8. The van der Waals surface area contributed by atoms with Gasteiger partial charge in [0.15, 0.2) is 5.78 Å². The first-order valence-electron chi connectivity index (χ1n) is 19.0. The molecule has 0 saturated carbocycles. The lowest BCUT2D eigenvalue weighted by Gasteiger charge is -2.23. The number of aromatic nitrogens is 2. The summed E-state index contributed by atoms with van der Waals surface area (Å²) in [6.45, 7) is 19.9. The van der Waals surface area contributed by atoms with Crippen LogP contribution in [0.5, 0.6) is 0 Å². The molecule has 0 fully saturated rings. The molecule has 0 aliphatic carbocycles. The summed E-state index contributed by atoms with van der Waals surface area (Å²) in [5.74, 6) is 0.730. The molecule has 4 heteroatoms. The van der Waals surface area contributed by atoms with Gasteiger partial charge < -0.3 is 14.2 Å². The fourth-order valence-electron chi connectivity index (χ4n) is 7.80. The molecule has 270 valence electrons. The lowest BCUT2D eigenvalue weighted by Crippen LogP contribution is -2.10. The van der Waals surface area contributed by atoms with Crippen molar-refractivity contribution < 1.29 is 9.90 Å². The standard InChI is InChI=1S/C48H56N2O2/c1-10-35(36-22-19-34(20-23-36)21-24-40(52)26-33(3)51)25-32(2)37-27-38(49-30-43(47(4,5)6)41-15-11-13-17-45(41)49)29-39(28-37)50-31-44(48(7,8)9)42-16-12-14-18-46(42)50/h11-20,22-23,26-32,35,52H,10,21,24-25H2,1-9H3. The second-order valence-corrected chi connectivity index (χ2v) is 16.9. The molecule has 2 unspecified atom stereocenters. The molecule has 2 aromatic heterocycles. The summed E-state index contributed by atoms with van der Waals surface area (Å²) in [5, 5.41) is 12.7. The van der Waals surface area contributed by atoms with Gasteiger partial charge in [0.1, 0.15) is 0 Å². The zero-order valence-electron chi connectivity index (χ0n) is 32.6. The van der Waals surface area contributed by atoms with E-state index in [4.69, 9.17) is 0 Å². The van der Waals surface area contributed by atoms with Crippen molar-refractivity contribution >= 4 is 27.6 Å². The fourth-order valence-corrected chi connectivity index (χ4v) is 7.80. The molecular formula is C48H56N2O2. The Kier molecular flexibility index (Phi) is 10.4. The number of aliphatic hydroxyl groups is 1. The van der Waals surface area contributed by atoms with Gasteiger partial charge in [0, 0.05) is 47.0 Å². The van der Waals surface area contributed by atoms with Crippen LogP contribution in [0.4, 0.5) is 0 Å². The van der Waals surface area contributed by atoms with Crippen molar-refractivity contribution in [3.05, 3.63) is 143 Å². The number of fused-ring (bicyclic) bond motifs is 2. The van der Waals surface area contributed by atoms with Crippen molar-refractivity contribution in [3.8, 4) is 11.4 Å².